The third-order valence-electron chi connectivity index (χ3n) is 2.31. The summed E-state index contributed by atoms with van der Waals surface area (Å²) in [5.74, 6) is -0.688. The van der Waals surface area contributed by atoms with E-state index in [1.165, 1.54) is 6.92 Å². The second kappa shape index (κ2) is 6.70. The average Bonchev–Trinajstić information content (AvgIpc) is 2.35. The molecule has 0 heterocycles. The second-order valence-corrected chi connectivity index (χ2v) is 4.81. The molecule has 0 fully saturated rings. The minimum atomic E-state index is -4.39. The zero-order valence-corrected chi connectivity index (χ0v) is 11.4. The third-order valence-corrected chi connectivity index (χ3v) is 3.03. The molecule has 3 nitrogen and oxygen atoms in total. The molecule has 1 aromatic carbocycles. The van der Waals surface area contributed by atoms with Gasteiger partial charge in [-0.25, -0.2) is 0 Å². The first-order valence-electron chi connectivity index (χ1n) is 5.57. The molecular formula is C12H15F3N2OS. The van der Waals surface area contributed by atoms with Gasteiger partial charge in [0.25, 0.3) is 0 Å². The van der Waals surface area contributed by atoms with Crippen molar-refractivity contribution in [2.45, 2.75) is 24.0 Å². The normalized spacial score (nSPS) is 12.9. The number of hydrogen-bond donors (Lipinski definition) is 2. The Hall–Kier alpha value is -1.37. The van der Waals surface area contributed by atoms with Gasteiger partial charge >= 0.3 is 6.18 Å². The Morgan fingerprint density at radius 1 is 1.42 bits per heavy atom. The molecule has 0 spiro atoms. The van der Waals surface area contributed by atoms with Gasteiger partial charge in [-0.05, 0) is 31.4 Å². The van der Waals surface area contributed by atoms with E-state index in [0.717, 1.165) is 4.90 Å². The zero-order chi connectivity index (χ0) is 14.5. The molecule has 0 aliphatic carbocycles. The van der Waals surface area contributed by atoms with Gasteiger partial charge in [0.05, 0.1) is 0 Å². The predicted molar refractivity (Wildman–Crippen MR) is 70.4 cm³/mol. The number of thioether (sulfide) groups is 1. The maximum atomic E-state index is 12.0. The van der Waals surface area contributed by atoms with Gasteiger partial charge in [0.15, 0.2) is 0 Å². The Morgan fingerprint density at radius 2 is 2.11 bits per heavy atom. The Balaban J connectivity index is 2.53. The van der Waals surface area contributed by atoms with E-state index in [2.05, 4.69) is 5.32 Å². The Morgan fingerprint density at radius 3 is 2.68 bits per heavy atom. The third kappa shape index (κ3) is 5.87. The number of anilines is 1. The molecule has 1 rings (SSSR count). The summed E-state index contributed by atoms with van der Waals surface area (Å²) in [7, 11) is 0. The first-order chi connectivity index (χ1) is 8.81. The van der Waals surface area contributed by atoms with Crippen LogP contribution in [-0.2, 0) is 4.79 Å². The molecule has 0 saturated carbocycles. The number of benzene rings is 1. The second-order valence-electron chi connectivity index (χ2n) is 3.93. The van der Waals surface area contributed by atoms with E-state index in [1.807, 2.05) is 29.8 Å². The summed E-state index contributed by atoms with van der Waals surface area (Å²) in [4.78, 5) is 12.5. The first kappa shape index (κ1) is 15.7. The standard InChI is InChI=1S/C12H15F3N2OS/c1-8(11(18)16-7-12(13,14)15)17-9-4-3-5-10(6-9)19-2/h3-6,8,17H,7H2,1-2H3,(H,16,18). The van der Waals surface area contributed by atoms with Crippen LogP contribution in [0.5, 0.6) is 0 Å². The van der Waals surface area contributed by atoms with E-state index in [9.17, 15) is 18.0 Å². The van der Waals surface area contributed by atoms with Crippen molar-refractivity contribution in [2.75, 3.05) is 18.1 Å². The number of alkyl halides is 3. The van der Waals surface area contributed by atoms with Gasteiger partial charge in [0.2, 0.25) is 5.91 Å². The van der Waals surface area contributed by atoms with Crippen LogP contribution in [0.25, 0.3) is 0 Å². The molecule has 19 heavy (non-hydrogen) atoms. The van der Waals surface area contributed by atoms with Crippen LogP contribution in [0, 0.1) is 0 Å². The fourth-order valence-electron chi connectivity index (χ4n) is 1.37. The van der Waals surface area contributed by atoms with Crippen LogP contribution in [0.3, 0.4) is 0 Å². The van der Waals surface area contributed by atoms with Gasteiger partial charge in [0.1, 0.15) is 12.6 Å². The summed E-state index contributed by atoms with van der Waals surface area (Å²) in [6.07, 6.45) is -2.48. The summed E-state index contributed by atoms with van der Waals surface area (Å²) in [5, 5.41) is 4.70. The fourth-order valence-corrected chi connectivity index (χ4v) is 1.83. The van der Waals surface area contributed by atoms with Crippen molar-refractivity contribution in [3.8, 4) is 0 Å². The van der Waals surface area contributed by atoms with E-state index in [-0.39, 0.29) is 0 Å². The number of nitrogens with one attached hydrogen (secondary N) is 2. The van der Waals surface area contributed by atoms with Crippen molar-refractivity contribution >= 4 is 23.4 Å². The molecule has 7 heteroatoms. The summed E-state index contributed by atoms with van der Waals surface area (Å²) in [6.45, 7) is 0.195. The molecule has 0 aliphatic heterocycles. The van der Waals surface area contributed by atoms with E-state index in [0.29, 0.717) is 5.69 Å². The molecule has 2 N–H and O–H groups in total. The Labute approximate surface area is 114 Å². The van der Waals surface area contributed by atoms with E-state index >= 15 is 0 Å². The molecule has 0 aliphatic rings. The minimum absolute atomic E-state index is 0.688. The van der Waals surface area contributed by atoms with Gasteiger partial charge in [-0.15, -0.1) is 11.8 Å². The van der Waals surface area contributed by atoms with E-state index < -0.39 is 24.7 Å². The quantitative estimate of drug-likeness (QED) is 0.820. The van der Waals surface area contributed by atoms with Gasteiger partial charge in [-0.2, -0.15) is 13.2 Å². The lowest BCUT2D eigenvalue weighted by Gasteiger charge is -2.16. The van der Waals surface area contributed by atoms with Crippen LogP contribution >= 0.6 is 11.8 Å². The summed E-state index contributed by atoms with van der Waals surface area (Å²) < 4.78 is 35.9. The highest BCUT2D eigenvalue weighted by molar-refractivity contribution is 7.98. The van der Waals surface area contributed by atoms with Crippen molar-refractivity contribution in [1.29, 1.82) is 0 Å². The lowest BCUT2D eigenvalue weighted by Crippen LogP contribution is -2.42. The summed E-state index contributed by atoms with van der Waals surface area (Å²) >= 11 is 1.54. The smallest absolute Gasteiger partial charge is 0.374 e. The van der Waals surface area contributed by atoms with Gasteiger partial charge in [-0.3, -0.25) is 4.79 Å². The maximum Gasteiger partial charge on any atom is 0.405 e. The topological polar surface area (TPSA) is 41.1 Å². The summed E-state index contributed by atoms with van der Waals surface area (Å²) in [5.41, 5.74) is 0.696. The largest absolute Gasteiger partial charge is 0.405 e. The van der Waals surface area contributed by atoms with Gasteiger partial charge < -0.3 is 10.6 Å². The molecule has 0 bridgehead atoms. The minimum Gasteiger partial charge on any atom is -0.374 e. The molecule has 106 valence electrons. The zero-order valence-electron chi connectivity index (χ0n) is 10.5. The molecule has 1 atom stereocenters. The van der Waals surface area contributed by atoms with E-state index in [4.69, 9.17) is 0 Å². The lowest BCUT2D eigenvalue weighted by atomic mass is 10.2. The molecular weight excluding hydrogens is 277 g/mol. The number of amides is 1. The molecule has 1 aromatic rings. The SMILES string of the molecule is CSc1cccc(NC(C)C(=O)NCC(F)(F)F)c1. The fraction of sp³-hybridized carbons (Fsp3) is 0.417. The number of carbonyl (C=O) groups is 1. The van der Waals surface area contributed by atoms with Crippen LogP contribution in [0.2, 0.25) is 0 Å². The van der Waals surface area contributed by atoms with Crippen molar-refractivity contribution in [1.82, 2.24) is 5.32 Å². The summed E-state index contributed by atoms with van der Waals surface area (Å²) in [6, 6.07) is 6.57. The van der Waals surface area contributed by atoms with Crippen molar-refractivity contribution in [3.05, 3.63) is 24.3 Å². The number of hydrogen-bond acceptors (Lipinski definition) is 3. The van der Waals surface area contributed by atoms with Gasteiger partial charge in [0, 0.05) is 10.6 Å². The molecule has 1 amide bonds. The molecule has 0 aromatic heterocycles. The number of halogens is 3. The Bertz CT molecular complexity index is 437. The number of rotatable bonds is 5. The highest BCUT2D eigenvalue weighted by Crippen LogP contribution is 2.19. The van der Waals surface area contributed by atoms with Crippen LogP contribution in [0.4, 0.5) is 18.9 Å². The van der Waals surface area contributed by atoms with Crippen molar-refractivity contribution < 1.29 is 18.0 Å². The molecule has 1 unspecified atom stereocenters. The monoisotopic (exact) mass is 292 g/mol. The predicted octanol–water partition coefficient (Wildman–Crippen LogP) is 2.89. The van der Waals surface area contributed by atoms with Crippen LogP contribution < -0.4 is 10.6 Å². The average molecular weight is 292 g/mol. The van der Waals surface area contributed by atoms with Crippen LogP contribution in [0.15, 0.2) is 29.2 Å². The molecule has 0 radical (unpaired) electrons. The van der Waals surface area contributed by atoms with Crippen LogP contribution in [-0.4, -0.2) is 30.9 Å². The van der Waals surface area contributed by atoms with Gasteiger partial charge in [-0.1, -0.05) is 6.07 Å². The number of carbonyl (C=O) groups excluding carboxylic acids is 1. The first-order valence-corrected chi connectivity index (χ1v) is 6.79. The van der Waals surface area contributed by atoms with Crippen LogP contribution in [0.1, 0.15) is 6.92 Å². The Kier molecular flexibility index (Phi) is 5.53. The van der Waals surface area contributed by atoms with Crippen molar-refractivity contribution in [3.63, 3.8) is 0 Å². The van der Waals surface area contributed by atoms with E-state index in [1.54, 1.807) is 17.8 Å². The van der Waals surface area contributed by atoms with Crippen molar-refractivity contribution in [2.24, 2.45) is 0 Å². The highest BCUT2D eigenvalue weighted by atomic mass is 32.2. The maximum absolute atomic E-state index is 12.0. The highest BCUT2D eigenvalue weighted by Gasteiger charge is 2.28. The lowest BCUT2D eigenvalue weighted by molar-refractivity contribution is -0.138. The molecule has 0 saturated heterocycles.